The monoisotopic (exact) mass is 319 g/mol. The Hall–Kier alpha value is -1.82. The molecule has 0 aliphatic heterocycles. The minimum absolute atomic E-state index is 0.399. The zero-order valence-electron chi connectivity index (χ0n) is 13.5. The van der Waals surface area contributed by atoms with Crippen LogP contribution in [0.2, 0.25) is 0 Å². The fourth-order valence-electron chi connectivity index (χ4n) is 2.29. The van der Waals surface area contributed by atoms with Crippen LogP contribution in [-0.4, -0.2) is 28.8 Å². The SMILES string of the molecule is Cc1cc(C)n(CC(C)CN=C(N)NCCc2cccs2)n1. The van der Waals surface area contributed by atoms with E-state index in [1.54, 1.807) is 11.3 Å². The van der Waals surface area contributed by atoms with Gasteiger partial charge in [-0.25, -0.2) is 0 Å². The number of thiophene rings is 1. The van der Waals surface area contributed by atoms with Crippen LogP contribution in [0.15, 0.2) is 28.6 Å². The van der Waals surface area contributed by atoms with Crippen LogP contribution in [0, 0.1) is 19.8 Å². The summed E-state index contributed by atoms with van der Waals surface area (Å²) in [6, 6.07) is 6.30. The summed E-state index contributed by atoms with van der Waals surface area (Å²) in [6.07, 6.45) is 0.981. The molecule has 0 aliphatic carbocycles. The van der Waals surface area contributed by atoms with Gasteiger partial charge in [-0.15, -0.1) is 11.3 Å². The number of guanidine groups is 1. The number of hydrogen-bond donors (Lipinski definition) is 2. The second-order valence-corrected chi connectivity index (χ2v) is 6.73. The quantitative estimate of drug-likeness (QED) is 0.608. The first-order valence-corrected chi connectivity index (χ1v) is 8.50. The average Bonchev–Trinajstić information content (AvgIpc) is 3.07. The van der Waals surface area contributed by atoms with E-state index in [9.17, 15) is 0 Å². The third-order valence-corrected chi connectivity index (χ3v) is 4.36. The number of nitrogens with zero attached hydrogens (tertiary/aromatic N) is 3. The molecule has 0 amide bonds. The molecule has 0 radical (unpaired) electrons. The highest BCUT2D eigenvalue weighted by molar-refractivity contribution is 7.09. The van der Waals surface area contributed by atoms with Crippen molar-refractivity contribution in [2.45, 2.75) is 33.7 Å². The van der Waals surface area contributed by atoms with Gasteiger partial charge in [-0.3, -0.25) is 9.67 Å². The Bertz CT molecular complexity index is 600. The van der Waals surface area contributed by atoms with Crippen LogP contribution in [0.4, 0.5) is 0 Å². The summed E-state index contributed by atoms with van der Waals surface area (Å²) >= 11 is 1.77. The molecule has 2 aromatic heterocycles. The van der Waals surface area contributed by atoms with E-state index >= 15 is 0 Å². The highest BCUT2D eigenvalue weighted by atomic mass is 32.1. The fourth-order valence-corrected chi connectivity index (χ4v) is 3.00. The van der Waals surface area contributed by atoms with E-state index in [0.717, 1.165) is 25.2 Å². The Morgan fingerprint density at radius 1 is 1.50 bits per heavy atom. The van der Waals surface area contributed by atoms with Gasteiger partial charge in [0.25, 0.3) is 0 Å². The maximum absolute atomic E-state index is 5.91. The normalized spacial score (nSPS) is 13.3. The summed E-state index contributed by atoms with van der Waals surface area (Å²) in [7, 11) is 0. The predicted octanol–water partition coefficient (Wildman–Crippen LogP) is 2.34. The standard InChI is InChI=1S/C16H25N5S/c1-12(11-21-14(3)9-13(2)20-21)10-19-16(17)18-7-6-15-5-4-8-22-15/h4-5,8-9,12H,6-7,10-11H2,1-3H3,(H3,17,18,19). The Morgan fingerprint density at radius 2 is 2.32 bits per heavy atom. The van der Waals surface area contributed by atoms with Crippen LogP contribution in [0.25, 0.3) is 0 Å². The summed E-state index contributed by atoms with van der Waals surface area (Å²) in [5.41, 5.74) is 8.16. The van der Waals surface area contributed by atoms with E-state index in [-0.39, 0.29) is 0 Å². The van der Waals surface area contributed by atoms with Gasteiger partial charge in [-0.1, -0.05) is 13.0 Å². The largest absolute Gasteiger partial charge is 0.370 e. The van der Waals surface area contributed by atoms with Crippen molar-refractivity contribution in [3.63, 3.8) is 0 Å². The number of nitrogens with two attached hydrogens (primary N) is 1. The van der Waals surface area contributed by atoms with Gasteiger partial charge in [0.05, 0.1) is 5.69 Å². The molecule has 0 aliphatic rings. The van der Waals surface area contributed by atoms with Gasteiger partial charge in [0.1, 0.15) is 0 Å². The van der Waals surface area contributed by atoms with Gasteiger partial charge < -0.3 is 11.1 Å². The molecule has 6 heteroatoms. The van der Waals surface area contributed by atoms with Crippen molar-refractivity contribution in [2.75, 3.05) is 13.1 Å². The van der Waals surface area contributed by atoms with Gasteiger partial charge in [-0.05, 0) is 43.7 Å². The second-order valence-electron chi connectivity index (χ2n) is 5.70. The van der Waals surface area contributed by atoms with E-state index in [1.807, 2.05) is 11.6 Å². The molecule has 1 unspecified atom stereocenters. The lowest BCUT2D eigenvalue weighted by atomic mass is 10.2. The smallest absolute Gasteiger partial charge is 0.188 e. The lowest BCUT2D eigenvalue weighted by Crippen LogP contribution is -2.33. The molecule has 0 saturated heterocycles. The number of aryl methyl sites for hydroxylation is 2. The number of nitrogens with one attached hydrogen (secondary N) is 1. The first kappa shape index (κ1) is 16.5. The Labute approximate surface area is 136 Å². The minimum Gasteiger partial charge on any atom is -0.370 e. The van der Waals surface area contributed by atoms with E-state index in [2.05, 4.69) is 52.8 Å². The molecule has 5 nitrogen and oxygen atoms in total. The van der Waals surface area contributed by atoms with E-state index < -0.39 is 0 Å². The van der Waals surface area contributed by atoms with Crippen molar-refractivity contribution < 1.29 is 0 Å². The third-order valence-electron chi connectivity index (χ3n) is 3.42. The maximum Gasteiger partial charge on any atom is 0.188 e. The predicted molar refractivity (Wildman–Crippen MR) is 93.4 cm³/mol. The maximum atomic E-state index is 5.91. The van der Waals surface area contributed by atoms with Gasteiger partial charge in [0.15, 0.2) is 5.96 Å². The van der Waals surface area contributed by atoms with E-state index in [1.165, 1.54) is 10.6 Å². The molecule has 1 atom stereocenters. The molecule has 120 valence electrons. The number of aromatic nitrogens is 2. The molecular weight excluding hydrogens is 294 g/mol. The molecule has 2 aromatic rings. The molecule has 2 rings (SSSR count). The molecule has 3 N–H and O–H groups in total. The molecule has 0 spiro atoms. The van der Waals surface area contributed by atoms with Gasteiger partial charge in [0.2, 0.25) is 0 Å². The van der Waals surface area contributed by atoms with Gasteiger partial charge in [-0.2, -0.15) is 5.10 Å². The Kier molecular flexibility index (Phi) is 6.00. The zero-order valence-corrected chi connectivity index (χ0v) is 14.4. The van der Waals surface area contributed by atoms with Crippen molar-refractivity contribution in [1.29, 1.82) is 0 Å². The molecule has 0 saturated carbocycles. The first-order valence-electron chi connectivity index (χ1n) is 7.62. The third kappa shape index (κ3) is 5.18. The fraction of sp³-hybridized carbons (Fsp3) is 0.500. The summed E-state index contributed by atoms with van der Waals surface area (Å²) in [4.78, 5) is 5.78. The minimum atomic E-state index is 0.399. The van der Waals surface area contributed by atoms with Crippen molar-refractivity contribution in [1.82, 2.24) is 15.1 Å². The highest BCUT2D eigenvalue weighted by Crippen LogP contribution is 2.08. The zero-order chi connectivity index (χ0) is 15.9. The van der Waals surface area contributed by atoms with Gasteiger partial charge in [0, 0.05) is 30.2 Å². The summed E-state index contributed by atoms with van der Waals surface area (Å²) in [5, 5.41) is 9.74. The van der Waals surface area contributed by atoms with Crippen LogP contribution < -0.4 is 11.1 Å². The second kappa shape index (κ2) is 7.98. The van der Waals surface area contributed by atoms with Crippen LogP contribution in [0.3, 0.4) is 0 Å². The lowest BCUT2D eigenvalue weighted by Gasteiger charge is -2.11. The number of hydrogen-bond acceptors (Lipinski definition) is 3. The van der Waals surface area contributed by atoms with Gasteiger partial charge >= 0.3 is 0 Å². The number of aliphatic imine (C=N–C) groups is 1. The number of rotatable bonds is 7. The highest BCUT2D eigenvalue weighted by Gasteiger charge is 2.07. The molecule has 22 heavy (non-hydrogen) atoms. The summed E-state index contributed by atoms with van der Waals surface area (Å²) in [5.74, 6) is 0.924. The van der Waals surface area contributed by atoms with Crippen molar-refractivity contribution in [3.05, 3.63) is 39.8 Å². The topological polar surface area (TPSA) is 68.2 Å². The summed E-state index contributed by atoms with van der Waals surface area (Å²) < 4.78 is 2.04. The van der Waals surface area contributed by atoms with Crippen molar-refractivity contribution in [2.24, 2.45) is 16.6 Å². The van der Waals surface area contributed by atoms with Crippen molar-refractivity contribution in [3.8, 4) is 0 Å². The first-order chi connectivity index (χ1) is 10.5. The molecule has 0 aromatic carbocycles. The average molecular weight is 319 g/mol. The molecule has 0 bridgehead atoms. The molecular formula is C16H25N5S. The van der Waals surface area contributed by atoms with Crippen LogP contribution in [0.1, 0.15) is 23.2 Å². The van der Waals surface area contributed by atoms with E-state index in [0.29, 0.717) is 18.4 Å². The Morgan fingerprint density at radius 3 is 2.95 bits per heavy atom. The Balaban J connectivity index is 1.71. The molecule has 2 heterocycles. The van der Waals surface area contributed by atoms with Crippen LogP contribution in [0.5, 0.6) is 0 Å². The van der Waals surface area contributed by atoms with Crippen LogP contribution in [-0.2, 0) is 13.0 Å². The van der Waals surface area contributed by atoms with E-state index in [4.69, 9.17) is 5.73 Å². The molecule has 0 fully saturated rings. The lowest BCUT2D eigenvalue weighted by molar-refractivity contribution is 0.450. The summed E-state index contributed by atoms with van der Waals surface area (Å²) in [6.45, 7) is 8.65. The van der Waals surface area contributed by atoms with Crippen molar-refractivity contribution >= 4 is 17.3 Å². The van der Waals surface area contributed by atoms with Crippen LogP contribution >= 0.6 is 11.3 Å².